The second-order valence-electron chi connectivity index (χ2n) is 9.86. The lowest BCUT2D eigenvalue weighted by atomic mass is 10.0. The maximum atomic E-state index is 12.2. The van der Waals surface area contributed by atoms with E-state index >= 15 is 0 Å². The van der Waals surface area contributed by atoms with Crippen LogP contribution in [0, 0.1) is 0 Å². The van der Waals surface area contributed by atoms with Crippen molar-refractivity contribution in [3.63, 3.8) is 0 Å². The van der Waals surface area contributed by atoms with Crippen molar-refractivity contribution in [1.82, 2.24) is 5.32 Å². The fourth-order valence-corrected chi connectivity index (χ4v) is 4.17. The quantitative estimate of drug-likeness (QED) is 0.0924. The third-order valence-corrected chi connectivity index (χ3v) is 6.49. The molecule has 0 aromatic heterocycles. The Morgan fingerprint density at radius 3 is 1.68 bits per heavy atom. The number of hydrogen-bond donors (Lipinski definition) is 3. The van der Waals surface area contributed by atoms with Crippen molar-refractivity contribution in [3.8, 4) is 0 Å². The average Bonchev–Trinajstić information content (AvgIpc) is 2.84. The number of unbranched alkanes of at least 4 members (excludes halogenated alkanes) is 17. The Labute approximate surface area is 211 Å². The van der Waals surface area contributed by atoms with Crippen molar-refractivity contribution < 1.29 is 15.0 Å². The Morgan fingerprint density at radius 2 is 1.18 bits per heavy atom. The first kappa shape index (κ1) is 32.9. The number of aliphatic hydroxyl groups is 2. The van der Waals surface area contributed by atoms with E-state index < -0.39 is 12.1 Å². The van der Waals surface area contributed by atoms with Crippen molar-refractivity contribution in [2.24, 2.45) is 0 Å². The molecule has 1 amide bonds. The van der Waals surface area contributed by atoms with Gasteiger partial charge in [0.25, 0.3) is 0 Å². The number of aliphatic hydroxyl groups excluding tert-OH is 2. The van der Waals surface area contributed by atoms with E-state index in [1.807, 2.05) is 12.2 Å². The Balaban J connectivity index is 3.77. The van der Waals surface area contributed by atoms with Gasteiger partial charge in [0, 0.05) is 6.42 Å². The maximum Gasteiger partial charge on any atom is 0.220 e. The third kappa shape index (κ3) is 22.7. The van der Waals surface area contributed by atoms with E-state index in [1.54, 1.807) is 6.08 Å². The smallest absolute Gasteiger partial charge is 0.220 e. The number of amides is 1. The minimum Gasteiger partial charge on any atom is -0.394 e. The van der Waals surface area contributed by atoms with Gasteiger partial charge in [-0.1, -0.05) is 141 Å². The molecule has 34 heavy (non-hydrogen) atoms. The standard InChI is InChI=1S/C30H57NO3/c1-3-5-7-9-11-13-15-17-19-21-23-25-29(33)28(27-32)31-30(34)26-24-22-20-18-16-14-12-10-8-6-4-2/h19,21,23,25,28-29,32-33H,3-18,20,22,24,26-27H2,1-2H3,(H,31,34)/b21-19+,25-23+/t28-,29+/m0/s1. The molecule has 0 aliphatic carbocycles. The molecule has 0 saturated heterocycles. The summed E-state index contributed by atoms with van der Waals surface area (Å²) in [5, 5.41) is 22.6. The molecule has 200 valence electrons. The largest absolute Gasteiger partial charge is 0.394 e. The molecular formula is C30H57NO3. The predicted octanol–water partition coefficient (Wildman–Crippen LogP) is 7.78. The van der Waals surface area contributed by atoms with Gasteiger partial charge >= 0.3 is 0 Å². The first-order valence-corrected chi connectivity index (χ1v) is 14.6. The van der Waals surface area contributed by atoms with Crippen molar-refractivity contribution >= 4 is 5.91 Å². The molecule has 3 N–H and O–H groups in total. The molecule has 0 unspecified atom stereocenters. The van der Waals surface area contributed by atoms with Gasteiger partial charge in [-0.05, 0) is 19.3 Å². The number of hydrogen-bond acceptors (Lipinski definition) is 3. The summed E-state index contributed by atoms with van der Waals surface area (Å²) < 4.78 is 0. The van der Waals surface area contributed by atoms with Gasteiger partial charge in [-0.25, -0.2) is 0 Å². The molecule has 4 heteroatoms. The van der Waals surface area contributed by atoms with Crippen LogP contribution in [0.25, 0.3) is 0 Å². The summed E-state index contributed by atoms with van der Waals surface area (Å²) in [5.41, 5.74) is 0. The molecule has 0 aromatic rings. The predicted molar refractivity (Wildman–Crippen MR) is 147 cm³/mol. The zero-order valence-electron chi connectivity index (χ0n) is 22.6. The molecule has 4 nitrogen and oxygen atoms in total. The summed E-state index contributed by atoms with van der Waals surface area (Å²) in [5.74, 6) is -0.0862. The lowest BCUT2D eigenvalue weighted by molar-refractivity contribution is -0.123. The Hall–Kier alpha value is -1.13. The van der Waals surface area contributed by atoms with Gasteiger partial charge in [0.15, 0.2) is 0 Å². The second-order valence-corrected chi connectivity index (χ2v) is 9.86. The second kappa shape index (κ2) is 26.5. The van der Waals surface area contributed by atoms with Crippen LogP contribution in [0.1, 0.15) is 142 Å². The van der Waals surface area contributed by atoms with Crippen LogP contribution in [0.15, 0.2) is 24.3 Å². The monoisotopic (exact) mass is 479 g/mol. The number of rotatable bonds is 25. The maximum absolute atomic E-state index is 12.2. The van der Waals surface area contributed by atoms with Crippen LogP contribution in [0.3, 0.4) is 0 Å². The van der Waals surface area contributed by atoms with Crippen LogP contribution in [-0.2, 0) is 4.79 Å². The van der Waals surface area contributed by atoms with Gasteiger partial charge in [-0.3, -0.25) is 4.79 Å². The van der Waals surface area contributed by atoms with E-state index in [2.05, 4.69) is 25.2 Å². The molecule has 0 saturated carbocycles. The molecule has 0 radical (unpaired) electrons. The summed E-state index contributed by atoms with van der Waals surface area (Å²) >= 11 is 0. The summed E-state index contributed by atoms with van der Waals surface area (Å²) in [7, 11) is 0. The van der Waals surface area contributed by atoms with Gasteiger partial charge in [-0.2, -0.15) is 0 Å². The summed E-state index contributed by atoms with van der Waals surface area (Å²) in [6, 6.07) is -0.645. The van der Waals surface area contributed by atoms with E-state index in [4.69, 9.17) is 0 Å². The van der Waals surface area contributed by atoms with E-state index in [9.17, 15) is 15.0 Å². The Kier molecular flexibility index (Phi) is 25.6. The highest BCUT2D eigenvalue weighted by Crippen LogP contribution is 2.12. The minimum atomic E-state index is -0.880. The van der Waals surface area contributed by atoms with Crippen LogP contribution >= 0.6 is 0 Å². The fourth-order valence-electron chi connectivity index (χ4n) is 4.17. The number of carbonyl (C=O) groups excluding carboxylic acids is 1. The molecule has 0 aliphatic heterocycles. The third-order valence-electron chi connectivity index (χ3n) is 6.49. The van der Waals surface area contributed by atoms with Gasteiger partial charge in [-0.15, -0.1) is 0 Å². The molecule has 0 aromatic carbocycles. The molecule has 0 aliphatic rings. The number of carbonyl (C=O) groups is 1. The summed E-state index contributed by atoms with van der Waals surface area (Å²) in [4.78, 5) is 12.2. The van der Waals surface area contributed by atoms with Gasteiger partial charge in [0.1, 0.15) is 0 Å². The zero-order valence-corrected chi connectivity index (χ0v) is 22.6. The lowest BCUT2D eigenvalue weighted by Crippen LogP contribution is -2.45. The highest BCUT2D eigenvalue weighted by Gasteiger charge is 2.17. The fraction of sp³-hybridized carbons (Fsp3) is 0.833. The van der Waals surface area contributed by atoms with E-state index in [-0.39, 0.29) is 12.5 Å². The first-order chi connectivity index (χ1) is 16.7. The average molecular weight is 480 g/mol. The lowest BCUT2D eigenvalue weighted by Gasteiger charge is -2.19. The molecule has 0 rings (SSSR count). The minimum absolute atomic E-state index is 0.0862. The zero-order chi connectivity index (χ0) is 25.1. The molecule has 0 spiro atoms. The van der Waals surface area contributed by atoms with Crippen LogP contribution in [-0.4, -0.2) is 34.9 Å². The molecule has 0 bridgehead atoms. The van der Waals surface area contributed by atoms with Crippen LogP contribution in [0.2, 0.25) is 0 Å². The van der Waals surface area contributed by atoms with Crippen LogP contribution in [0.5, 0.6) is 0 Å². The van der Waals surface area contributed by atoms with Crippen molar-refractivity contribution in [2.75, 3.05) is 6.61 Å². The molecule has 0 fully saturated rings. The normalized spacial score (nSPS) is 13.6. The van der Waals surface area contributed by atoms with Gasteiger partial charge in [0.2, 0.25) is 5.91 Å². The topological polar surface area (TPSA) is 69.6 Å². The van der Waals surface area contributed by atoms with E-state index in [1.165, 1.54) is 103 Å². The van der Waals surface area contributed by atoms with Gasteiger partial charge < -0.3 is 15.5 Å². The first-order valence-electron chi connectivity index (χ1n) is 14.6. The van der Waals surface area contributed by atoms with Crippen molar-refractivity contribution in [2.45, 2.75) is 154 Å². The van der Waals surface area contributed by atoms with Crippen molar-refractivity contribution in [3.05, 3.63) is 24.3 Å². The highest BCUT2D eigenvalue weighted by molar-refractivity contribution is 5.76. The highest BCUT2D eigenvalue weighted by atomic mass is 16.3. The summed E-state index contributed by atoms with van der Waals surface area (Å²) in [6.45, 7) is 4.23. The SMILES string of the molecule is CCCCCCCCC/C=C/C=C/[C@@H](O)[C@H](CO)NC(=O)CCCCCCCCCCCCC. The van der Waals surface area contributed by atoms with Crippen molar-refractivity contribution in [1.29, 1.82) is 0 Å². The Morgan fingerprint density at radius 1 is 0.706 bits per heavy atom. The molecule has 0 heterocycles. The molecule has 2 atom stereocenters. The van der Waals surface area contributed by atoms with Crippen LogP contribution in [0.4, 0.5) is 0 Å². The number of allylic oxidation sites excluding steroid dienone is 3. The number of nitrogens with one attached hydrogen (secondary N) is 1. The summed E-state index contributed by atoms with van der Waals surface area (Å²) in [6.07, 6.45) is 31.1. The molecular weight excluding hydrogens is 422 g/mol. The van der Waals surface area contributed by atoms with E-state index in [0.29, 0.717) is 6.42 Å². The van der Waals surface area contributed by atoms with E-state index in [0.717, 1.165) is 19.3 Å². The van der Waals surface area contributed by atoms with Crippen LogP contribution < -0.4 is 5.32 Å². The Bertz CT molecular complexity index is 489. The van der Waals surface area contributed by atoms with Gasteiger partial charge in [0.05, 0.1) is 18.8 Å².